The van der Waals surface area contributed by atoms with Gasteiger partial charge in [0.05, 0.1) is 6.10 Å². The molecule has 0 heterocycles. The molecule has 2 nitrogen and oxygen atoms in total. The molecular formula is C14H26O2. The molecule has 94 valence electrons. The van der Waals surface area contributed by atoms with Crippen LogP contribution in [0.4, 0.5) is 0 Å². The van der Waals surface area contributed by atoms with E-state index < -0.39 is 0 Å². The number of ether oxygens (including phenoxy) is 1. The highest BCUT2D eigenvalue weighted by molar-refractivity contribution is 5.81. The Bertz CT molecular complexity index is 197. The standard InChI is InChI=1S/C14H26O2/c1-5-14(15)16-13(4)11-9-7-6-8-10-12(2)3/h5,12-13H,1,6-11H2,2-4H3. The molecule has 0 spiro atoms. The van der Waals surface area contributed by atoms with Crippen LogP contribution in [0.3, 0.4) is 0 Å². The molecule has 0 N–H and O–H groups in total. The van der Waals surface area contributed by atoms with Crippen LogP contribution in [-0.2, 0) is 9.53 Å². The second-order valence-electron chi connectivity index (χ2n) is 4.84. The van der Waals surface area contributed by atoms with Crippen molar-refractivity contribution in [3.8, 4) is 0 Å². The van der Waals surface area contributed by atoms with Gasteiger partial charge in [0.1, 0.15) is 0 Å². The van der Waals surface area contributed by atoms with Crippen LogP contribution in [0.5, 0.6) is 0 Å². The van der Waals surface area contributed by atoms with Crippen molar-refractivity contribution in [1.29, 1.82) is 0 Å². The van der Waals surface area contributed by atoms with Gasteiger partial charge in [-0.25, -0.2) is 4.79 Å². The highest BCUT2D eigenvalue weighted by atomic mass is 16.5. The fraction of sp³-hybridized carbons (Fsp3) is 0.786. The number of unbranched alkanes of at least 4 members (excludes halogenated alkanes) is 3. The van der Waals surface area contributed by atoms with E-state index in [1.807, 2.05) is 6.92 Å². The fourth-order valence-electron chi connectivity index (χ4n) is 1.64. The number of carbonyl (C=O) groups is 1. The van der Waals surface area contributed by atoms with E-state index >= 15 is 0 Å². The number of hydrogen-bond donors (Lipinski definition) is 0. The van der Waals surface area contributed by atoms with E-state index in [9.17, 15) is 4.79 Å². The van der Waals surface area contributed by atoms with Crippen molar-refractivity contribution in [1.82, 2.24) is 0 Å². The zero-order valence-corrected chi connectivity index (χ0v) is 11.0. The summed E-state index contributed by atoms with van der Waals surface area (Å²) in [4.78, 5) is 10.9. The highest BCUT2D eigenvalue weighted by Gasteiger charge is 2.05. The first-order valence-corrected chi connectivity index (χ1v) is 6.39. The molecule has 1 unspecified atom stereocenters. The van der Waals surface area contributed by atoms with E-state index in [0.29, 0.717) is 0 Å². The van der Waals surface area contributed by atoms with Crippen LogP contribution < -0.4 is 0 Å². The van der Waals surface area contributed by atoms with Crippen molar-refractivity contribution in [2.75, 3.05) is 0 Å². The Morgan fingerprint density at radius 3 is 2.19 bits per heavy atom. The molecular weight excluding hydrogens is 200 g/mol. The van der Waals surface area contributed by atoms with Gasteiger partial charge in [-0.3, -0.25) is 0 Å². The third kappa shape index (κ3) is 9.75. The minimum absolute atomic E-state index is 0.0237. The summed E-state index contributed by atoms with van der Waals surface area (Å²) in [5, 5.41) is 0. The van der Waals surface area contributed by atoms with Gasteiger partial charge in [-0.05, 0) is 25.7 Å². The average Bonchev–Trinajstić information content (AvgIpc) is 2.22. The van der Waals surface area contributed by atoms with Gasteiger partial charge in [0.2, 0.25) is 0 Å². The summed E-state index contributed by atoms with van der Waals surface area (Å²) < 4.78 is 5.09. The summed E-state index contributed by atoms with van der Waals surface area (Å²) in [6.45, 7) is 9.84. The van der Waals surface area contributed by atoms with Crippen molar-refractivity contribution < 1.29 is 9.53 Å². The summed E-state index contributed by atoms with van der Waals surface area (Å²) in [5.74, 6) is 0.500. The quantitative estimate of drug-likeness (QED) is 0.336. The maximum Gasteiger partial charge on any atom is 0.330 e. The Kier molecular flexibility index (Phi) is 8.97. The topological polar surface area (TPSA) is 26.3 Å². The van der Waals surface area contributed by atoms with Crippen LogP contribution in [0.1, 0.15) is 59.3 Å². The van der Waals surface area contributed by atoms with E-state index in [4.69, 9.17) is 4.74 Å². The summed E-state index contributed by atoms with van der Waals surface area (Å²) >= 11 is 0. The van der Waals surface area contributed by atoms with Crippen LogP contribution in [0.2, 0.25) is 0 Å². The smallest absolute Gasteiger partial charge is 0.330 e. The van der Waals surface area contributed by atoms with Gasteiger partial charge in [0.15, 0.2) is 0 Å². The van der Waals surface area contributed by atoms with Crippen molar-refractivity contribution >= 4 is 5.97 Å². The Morgan fingerprint density at radius 2 is 1.69 bits per heavy atom. The van der Waals surface area contributed by atoms with Gasteiger partial charge in [-0.1, -0.05) is 46.1 Å². The van der Waals surface area contributed by atoms with E-state index in [2.05, 4.69) is 20.4 Å². The first-order valence-electron chi connectivity index (χ1n) is 6.39. The molecule has 0 aliphatic carbocycles. The van der Waals surface area contributed by atoms with Gasteiger partial charge in [0, 0.05) is 6.08 Å². The van der Waals surface area contributed by atoms with Gasteiger partial charge >= 0.3 is 5.97 Å². The van der Waals surface area contributed by atoms with Crippen molar-refractivity contribution in [2.45, 2.75) is 65.4 Å². The molecule has 0 rings (SSSR count). The molecule has 0 amide bonds. The second-order valence-corrected chi connectivity index (χ2v) is 4.84. The monoisotopic (exact) mass is 226 g/mol. The molecule has 0 radical (unpaired) electrons. The predicted octanol–water partition coefficient (Wildman–Crippen LogP) is 4.10. The van der Waals surface area contributed by atoms with Crippen molar-refractivity contribution in [3.05, 3.63) is 12.7 Å². The summed E-state index contributed by atoms with van der Waals surface area (Å²) in [7, 11) is 0. The number of carbonyl (C=O) groups excluding carboxylic acids is 1. The van der Waals surface area contributed by atoms with Crippen LogP contribution in [0, 0.1) is 5.92 Å². The number of hydrogen-bond acceptors (Lipinski definition) is 2. The normalized spacial score (nSPS) is 12.5. The Balaban J connectivity index is 3.30. The van der Waals surface area contributed by atoms with Crippen LogP contribution >= 0.6 is 0 Å². The molecule has 2 heteroatoms. The lowest BCUT2D eigenvalue weighted by molar-refractivity contribution is -0.142. The second kappa shape index (κ2) is 9.44. The van der Waals surface area contributed by atoms with Crippen LogP contribution in [0.25, 0.3) is 0 Å². The molecule has 16 heavy (non-hydrogen) atoms. The molecule has 0 fully saturated rings. The molecule has 0 aromatic rings. The summed E-state index contributed by atoms with van der Waals surface area (Å²) in [6.07, 6.45) is 8.52. The number of rotatable bonds is 9. The maximum atomic E-state index is 10.9. The van der Waals surface area contributed by atoms with Gasteiger partial charge < -0.3 is 4.74 Å². The lowest BCUT2D eigenvalue weighted by Gasteiger charge is -2.11. The number of esters is 1. The molecule has 0 saturated carbocycles. The van der Waals surface area contributed by atoms with Crippen LogP contribution in [-0.4, -0.2) is 12.1 Å². The molecule has 0 bridgehead atoms. The van der Waals surface area contributed by atoms with Crippen molar-refractivity contribution in [2.24, 2.45) is 5.92 Å². The molecule has 0 aromatic carbocycles. The van der Waals surface area contributed by atoms with Crippen LogP contribution in [0.15, 0.2) is 12.7 Å². The van der Waals surface area contributed by atoms with E-state index in [1.165, 1.54) is 31.8 Å². The Hall–Kier alpha value is -0.790. The summed E-state index contributed by atoms with van der Waals surface area (Å²) in [6, 6.07) is 0. The van der Waals surface area contributed by atoms with Gasteiger partial charge in [0.25, 0.3) is 0 Å². The largest absolute Gasteiger partial charge is 0.460 e. The molecule has 0 aliphatic rings. The van der Waals surface area contributed by atoms with E-state index in [0.717, 1.165) is 18.8 Å². The van der Waals surface area contributed by atoms with E-state index in [-0.39, 0.29) is 12.1 Å². The Labute approximate surface area is 100 Å². The minimum Gasteiger partial charge on any atom is -0.460 e. The third-order valence-corrected chi connectivity index (χ3v) is 2.63. The zero-order valence-electron chi connectivity index (χ0n) is 11.0. The molecule has 0 saturated heterocycles. The maximum absolute atomic E-state index is 10.9. The molecule has 0 aliphatic heterocycles. The fourth-order valence-corrected chi connectivity index (χ4v) is 1.64. The first kappa shape index (κ1) is 15.2. The molecule has 1 atom stereocenters. The minimum atomic E-state index is -0.313. The average molecular weight is 226 g/mol. The van der Waals surface area contributed by atoms with Gasteiger partial charge in [-0.15, -0.1) is 0 Å². The lowest BCUT2D eigenvalue weighted by atomic mass is 10.0. The lowest BCUT2D eigenvalue weighted by Crippen LogP contribution is -2.12. The third-order valence-electron chi connectivity index (χ3n) is 2.63. The van der Waals surface area contributed by atoms with Crippen molar-refractivity contribution in [3.63, 3.8) is 0 Å². The van der Waals surface area contributed by atoms with Gasteiger partial charge in [-0.2, -0.15) is 0 Å². The molecule has 0 aromatic heterocycles. The predicted molar refractivity (Wildman–Crippen MR) is 68.3 cm³/mol. The highest BCUT2D eigenvalue weighted by Crippen LogP contribution is 2.12. The SMILES string of the molecule is C=CC(=O)OC(C)CCCCCCC(C)C. The summed E-state index contributed by atoms with van der Waals surface area (Å²) in [5.41, 5.74) is 0. The first-order chi connectivity index (χ1) is 7.56. The van der Waals surface area contributed by atoms with E-state index in [1.54, 1.807) is 0 Å². The zero-order chi connectivity index (χ0) is 12.4. The Morgan fingerprint density at radius 1 is 1.12 bits per heavy atom.